The summed E-state index contributed by atoms with van der Waals surface area (Å²) in [7, 11) is 0. The molecule has 0 saturated heterocycles. The summed E-state index contributed by atoms with van der Waals surface area (Å²) in [5.74, 6) is 0.284. The summed E-state index contributed by atoms with van der Waals surface area (Å²) in [5, 5.41) is 4.13. The van der Waals surface area contributed by atoms with Gasteiger partial charge in [0.25, 0.3) is 5.56 Å². The van der Waals surface area contributed by atoms with Gasteiger partial charge >= 0.3 is 0 Å². The number of halogens is 2. The van der Waals surface area contributed by atoms with Crippen LogP contribution in [0.4, 0.5) is 3.89 Å². The van der Waals surface area contributed by atoms with Crippen LogP contribution >= 0.6 is 23.7 Å². The first-order valence-corrected chi connectivity index (χ1v) is 9.19. The molecule has 0 saturated carbocycles. The molecule has 25 heavy (non-hydrogen) atoms. The Balaban J connectivity index is 1.94. The van der Waals surface area contributed by atoms with Crippen molar-refractivity contribution in [1.82, 2.24) is 9.78 Å². The van der Waals surface area contributed by atoms with Crippen molar-refractivity contribution in [3.8, 4) is 5.75 Å². The van der Waals surface area contributed by atoms with Gasteiger partial charge in [-0.3, -0.25) is 4.79 Å². The van der Waals surface area contributed by atoms with Crippen molar-refractivity contribution in [1.29, 1.82) is 0 Å². The number of nitrogens with zero attached hydrogens (tertiary/aromatic N) is 2. The zero-order chi connectivity index (χ0) is 18.1. The Morgan fingerprint density at radius 3 is 2.56 bits per heavy atom. The normalized spacial score (nSPS) is 10.8. The van der Waals surface area contributed by atoms with E-state index in [1.54, 1.807) is 0 Å². The zero-order valence-corrected chi connectivity index (χ0v) is 15.5. The molecule has 1 heterocycles. The predicted molar refractivity (Wildman–Crippen MR) is 97.5 cm³/mol. The number of hydrogen-bond donors (Lipinski definition) is 0. The second-order valence-corrected chi connectivity index (χ2v) is 6.22. The molecule has 0 atom stereocenters. The molecular formula is C17H20ClFN2O3S. The maximum absolute atomic E-state index is 12.1. The Hall–Kier alpha value is -1.57. The lowest BCUT2D eigenvalue weighted by Gasteiger charge is -2.10. The molecule has 0 aliphatic carbocycles. The summed E-state index contributed by atoms with van der Waals surface area (Å²) < 4.78 is 24.0. The monoisotopic (exact) mass is 386 g/mol. The SMILES string of the molecule is CCCCn1ncc(OCc2ccc(COCSF)cc2)c(Cl)c1=O. The third kappa shape index (κ3) is 6.02. The quantitative estimate of drug-likeness (QED) is 0.448. The zero-order valence-electron chi connectivity index (χ0n) is 13.9. The molecule has 0 spiro atoms. The predicted octanol–water partition coefficient (Wildman–Crippen LogP) is 4.37. The second kappa shape index (κ2) is 10.4. The van der Waals surface area contributed by atoms with Crippen molar-refractivity contribution in [3.63, 3.8) is 0 Å². The van der Waals surface area contributed by atoms with Gasteiger partial charge in [0.05, 0.1) is 25.0 Å². The molecular weight excluding hydrogens is 367 g/mol. The standard InChI is InChI=1S/C17H20ClFN2O3S/c1-2-3-8-21-17(22)16(18)15(9-20-21)24-11-14-6-4-13(5-7-14)10-23-12-25-19/h4-7,9H,2-3,8,10-12H2,1H3. The Bertz CT molecular complexity index is 725. The van der Waals surface area contributed by atoms with E-state index in [0.717, 1.165) is 24.0 Å². The van der Waals surface area contributed by atoms with Crippen molar-refractivity contribution in [2.24, 2.45) is 0 Å². The molecule has 136 valence electrons. The van der Waals surface area contributed by atoms with Gasteiger partial charge in [0.2, 0.25) is 0 Å². The van der Waals surface area contributed by atoms with Gasteiger partial charge in [-0.2, -0.15) is 8.98 Å². The fourth-order valence-corrected chi connectivity index (χ4v) is 2.45. The lowest BCUT2D eigenvalue weighted by Crippen LogP contribution is -2.23. The molecule has 0 unspecified atom stereocenters. The molecule has 0 aliphatic heterocycles. The van der Waals surface area contributed by atoms with Gasteiger partial charge in [0, 0.05) is 6.54 Å². The van der Waals surface area contributed by atoms with Crippen LogP contribution in [0.3, 0.4) is 0 Å². The first kappa shape index (κ1) is 19.8. The highest BCUT2D eigenvalue weighted by molar-refractivity contribution is 7.94. The Morgan fingerprint density at radius 1 is 1.24 bits per heavy atom. The summed E-state index contributed by atoms with van der Waals surface area (Å²) >= 11 is 6.24. The first-order chi connectivity index (χ1) is 12.2. The van der Waals surface area contributed by atoms with Crippen molar-refractivity contribution < 1.29 is 13.4 Å². The van der Waals surface area contributed by atoms with Crippen LogP contribution in [-0.2, 0) is 24.5 Å². The molecule has 0 aliphatic rings. The van der Waals surface area contributed by atoms with Gasteiger partial charge < -0.3 is 9.47 Å². The van der Waals surface area contributed by atoms with E-state index >= 15 is 0 Å². The number of aromatic nitrogens is 2. The van der Waals surface area contributed by atoms with E-state index in [9.17, 15) is 8.68 Å². The van der Waals surface area contributed by atoms with Crippen LogP contribution in [0.15, 0.2) is 35.3 Å². The minimum absolute atomic E-state index is 0.0140. The number of aryl methyl sites for hydroxylation is 1. The summed E-state index contributed by atoms with van der Waals surface area (Å²) in [5.41, 5.74) is 1.51. The van der Waals surface area contributed by atoms with Gasteiger partial charge in [-0.25, -0.2) is 4.68 Å². The van der Waals surface area contributed by atoms with E-state index in [1.807, 2.05) is 31.2 Å². The van der Waals surface area contributed by atoms with Crippen molar-refractivity contribution in [2.75, 3.05) is 5.94 Å². The van der Waals surface area contributed by atoms with Crippen LogP contribution in [0.2, 0.25) is 5.02 Å². The van der Waals surface area contributed by atoms with Crippen LogP contribution in [0.5, 0.6) is 5.75 Å². The first-order valence-electron chi connectivity index (χ1n) is 7.93. The van der Waals surface area contributed by atoms with Crippen molar-refractivity contribution >= 4 is 23.7 Å². The Labute approximate surface area is 155 Å². The fraction of sp³-hybridized carbons (Fsp3) is 0.412. The lowest BCUT2D eigenvalue weighted by molar-refractivity contribution is 0.167. The minimum Gasteiger partial charge on any atom is -0.485 e. The Kier molecular flexibility index (Phi) is 8.24. The Morgan fingerprint density at radius 2 is 1.92 bits per heavy atom. The molecule has 5 nitrogen and oxygen atoms in total. The van der Waals surface area contributed by atoms with Crippen LogP contribution in [-0.4, -0.2) is 15.7 Å². The van der Waals surface area contributed by atoms with Gasteiger partial charge in [0.15, 0.2) is 10.8 Å². The smallest absolute Gasteiger partial charge is 0.289 e. The number of ether oxygens (including phenoxy) is 2. The molecule has 0 bridgehead atoms. The maximum atomic E-state index is 12.1. The highest BCUT2D eigenvalue weighted by atomic mass is 35.5. The molecule has 0 fully saturated rings. The second-order valence-electron chi connectivity index (χ2n) is 5.39. The van der Waals surface area contributed by atoms with Crippen molar-refractivity contribution in [2.45, 2.75) is 39.5 Å². The summed E-state index contributed by atoms with van der Waals surface area (Å²) in [6, 6.07) is 7.52. The van der Waals surface area contributed by atoms with Crippen LogP contribution in [0.1, 0.15) is 30.9 Å². The number of hydrogen-bond acceptors (Lipinski definition) is 5. The van der Waals surface area contributed by atoms with E-state index in [0.29, 0.717) is 13.2 Å². The molecule has 0 N–H and O–H groups in total. The highest BCUT2D eigenvalue weighted by Crippen LogP contribution is 2.20. The maximum Gasteiger partial charge on any atom is 0.289 e. The molecule has 1 aromatic heterocycles. The van der Waals surface area contributed by atoms with E-state index < -0.39 is 0 Å². The third-order valence-corrected chi connectivity index (χ3v) is 4.09. The average molecular weight is 387 g/mol. The van der Waals surface area contributed by atoms with E-state index in [2.05, 4.69) is 5.10 Å². The lowest BCUT2D eigenvalue weighted by atomic mass is 10.1. The topological polar surface area (TPSA) is 53.4 Å². The van der Waals surface area contributed by atoms with Gasteiger partial charge in [-0.1, -0.05) is 49.2 Å². The third-order valence-electron chi connectivity index (χ3n) is 3.49. The van der Waals surface area contributed by atoms with E-state index in [4.69, 9.17) is 21.1 Å². The van der Waals surface area contributed by atoms with Crippen LogP contribution < -0.4 is 10.3 Å². The fourth-order valence-electron chi connectivity index (χ4n) is 2.10. The summed E-state index contributed by atoms with van der Waals surface area (Å²) in [4.78, 5) is 12.1. The summed E-state index contributed by atoms with van der Waals surface area (Å²) in [6.07, 6.45) is 3.30. The van der Waals surface area contributed by atoms with Gasteiger partial charge in [-0.15, -0.1) is 0 Å². The van der Waals surface area contributed by atoms with Crippen LogP contribution in [0.25, 0.3) is 0 Å². The number of benzene rings is 1. The van der Waals surface area contributed by atoms with E-state index in [1.165, 1.54) is 10.9 Å². The van der Waals surface area contributed by atoms with Gasteiger partial charge in [-0.05, 0) is 17.5 Å². The van der Waals surface area contributed by atoms with E-state index in [-0.39, 0.29) is 41.0 Å². The molecule has 1 aromatic carbocycles. The van der Waals surface area contributed by atoms with Crippen LogP contribution in [0, 0.1) is 0 Å². The molecule has 2 aromatic rings. The molecule has 0 radical (unpaired) electrons. The number of rotatable bonds is 10. The molecule has 0 amide bonds. The number of unbranched alkanes of at least 4 members (excludes halogenated alkanes) is 1. The van der Waals surface area contributed by atoms with Gasteiger partial charge in [0.1, 0.15) is 12.5 Å². The highest BCUT2D eigenvalue weighted by Gasteiger charge is 2.10. The van der Waals surface area contributed by atoms with Crippen molar-refractivity contribution in [3.05, 3.63) is 57.0 Å². The minimum atomic E-state index is -0.342. The summed E-state index contributed by atoms with van der Waals surface area (Å²) in [6.45, 7) is 3.20. The average Bonchev–Trinajstić information content (AvgIpc) is 2.63. The molecule has 2 rings (SSSR count). The largest absolute Gasteiger partial charge is 0.485 e. The molecule has 8 heteroatoms.